The summed E-state index contributed by atoms with van der Waals surface area (Å²) in [5, 5.41) is 0. The second kappa shape index (κ2) is 5.15. The molecule has 0 aliphatic carbocycles. The summed E-state index contributed by atoms with van der Waals surface area (Å²) in [6.45, 7) is 7.65. The summed E-state index contributed by atoms with van der Waals surface area (Å²) >= 11 is 0. The first-order chi connectivity index (χ1) is 8.49. The Kier molecular flexibility index (Phi) is 3.94. The maximum atomic E-state index is 12.7. The molecule has 18 heavy (non-hydrogen) atoms. The van der Waals surface area contributed by atoms with Crippen LogP contribution >= 0.6 is 0 Å². The van der Waals surface area contributed by atoms with Gasteiger partial charge in [-0.05, 0) is 26.7 Å². The highest BCUT2D eigenvalue weighted by Crippen LogP contribution is 2.33. The van der Waals surface area contributed by atoms with Crippen molar-refractivity contribution in [2.45, 2.75) is 32.3 Å². The number of hydrogen-bond acceptors (Lipinski definition) is 4. The lowest BCUT2D eigenvalue weighted by Gasteiger charge is -2.44. The fourth-order valence-electron chi connectivity index (χ4n) is 2.79. The van der Waals surface area contributed by atoms with Crippen molar-refractivity contribution in [1.29, 1.82) is 0 Å². The topological polar surface area (TPSA) is 64.8 Å². The fourth-order valence-corrected chi connectivity index (χ4v) is 2.79. The second-order valence-electron chi connectivity index (χ2n) is 5.93. The predicted octanol–water partition coefficient (Wildman–Crippen LogP) is 0.379. The van der Waals surface area contributed by atoms with Crippen LogP contribution in [0.5, 0.6) is 0 Å². The molecular formula is C13H24N2O3. The molecule has 0 aromatic rings. The van der Waals surface area contributed by atoms with Crippen LogP contribution in [0, 0.1) is 5.41 Å². The average molecular weight is 256 g/mol. The van der Waals surface area contributed by atoms with Crippen molar-refractivity contribution in [1.82, 2.24) is 4.90 Å². The van der Waals surface area contributed by atoms with Gasteiger partial charge in [0, 0.05) is 32.8 Å². The summed E-state index contributed by atoms with van der Waals surface area (Å²) in [5.41, 5.74) is 5.21. The highest BCUT2D eigenvalue weighted by atomic mass is 16.5. The van der Waals surface area contributed by atoms with Crippen LogP contribution in [0.4, 0.5) is 0 Å². The summed E-state index contributed by atoms with van der Waals surface area (Å²) < 4.78 is 11.0. The number of carbonyl (C=O) groups excluding carboxylic acids is 1. The van der Waals surface area contributed by atoms with Gasteiger partial charge in [0.25, 0.3) is 0 Å². The molecule has 2 aliphatic rings. The first kappa shape index (κ1) is 13.8. The lowest BCUT2D eigenvalue weighted by Crippen LogP contribution is -2.57. The molecule has 2 N–H and O–H groups in total. The van der Waals surface area contributed by atoms with Gasteiger partial charge in [-0.15, -0.1) is 0 Å². The molecule has 2 rings (SSSR count). The third-order valence-corrected chi connectivity index (χ3v) is 4.01. The maximum Gasteiger partial charge on any atom is 0.230 e. The number of amides is 1. The molecule has 0 saturated carbocycles. The van der Waals surface area contributed by atoms with E-state index in [9.17, 15) is 4.79 Å². The molecule has 0 aromatic carbocycles. The number of morpholine rings is 1. The van der Waals surface area contributed by atoms with E-state index in [4.69, 9.17) is 15.2 Å². The summed E-state index contributed by atoms with van der Waals surface area (Å²) in [6.07, 6.45) is 1.47. The number of rotatable bonds is 2. The van der Waals surface area contributed by atoms with E-state index in [1.54, 1.807) is 0 Å². The predicted molar refractivity (Wildman–Crippen MR) is 68.2 cm³/mol. The lowest BCUT2D eigenvalue weighted by molar-refractivity contribution is -0.160. The molecule has 0 radical (unpaired) electrons. The van der Waals surface area contributed by atoms with Gasteiger partial charge >= 0.3 is 0 Å². The fraction of sp³-hybridized carbons (Fsp3) is 0.923. The third kappa shape index (κ3) is 2.68. The highest BCUT2D eigenvalue weighted by molar-refractivity contribution is 5.83. The van der Waals surface area contributed by atoms with Crippen LogP contribution in [0.2, 0.25) is 0 Å². The molecule has 0 aromatic heterocycles. The zero-order valence-corrected chi connectivity index (χ0v) is 11.4. The van der Waals surface area contributed by atoms with Gasteiger partial charge in [0.2, 0.25) is 5.91 Å². The van der Waals surface area contributed by atoms with E-state index in [1.165, 1.54) is 0 Å². The molecule has 2 aliphatic heterocycles. The smallest absolute Gasteiger partial charge is 0.230 e. The van der Waals surface area contributed by atoms with Crippen LogP contribution in [0.3, 0.4) is 0 Å². The van der Waals surface area contributed by atoms with Gasteiger partial charge in [-0.2, -0.15) is 0 Å². The molecule has 0 bridgehead atoms. The zero-order chi connectivity index (χ0) is 13.2. The third-order valence-electron chi connectivity index (χ3n) is 4.01. The van der Waals surface area contributed by atoms with E-state index in [0.29, 0.717) is 39.5 Å². The Hall–Kier alpha value is -0.650. The van der Waals surface area contributed by atoms with Gasteiger partial charge in [0.15, 0.2) is 0 Å². The Labute approximate surface area is 109 Å². The van der Waals surface area contributed by atoms with E-state index < -0.39 is 5.41 Å². The number of hydrogen-bond donors (Lipinski definition) is 1. The Morgan fingerprint density at radius 3 is 2.50 bits per heavy atom. The monoisotopic (exact) mass is 256 g/mol. The van der Waals surface area contributed by atoms with Gasteiger partial charge in [-0.1, -0.05) is 0 Å². The van der Waals surface area contributed by atoms with Crippen molar-refractivity contribution < 1.29 is 14.3 Å². The number of ether oxygens (including phenoxy) is 2. The largest absolute Gasteiger partial charge is 0.381 e. The number of nitrogens with zero attached hydrogens (tertiary/aromatic N) is 1. The number of carbonyl (C=O) groups is 1. The molecular weight excluding hydrogens is 232 g/mol. The molecule has 0 unspecified atom stereocenters. The van der Waals surface area contributed by atoms with Crippen molar-refractivity contribution in [3.63, 3.8) is 0 Å². The van der Waals surface area contributed by atoms with Crippen LogP contribution in [-0.2, 0) is 14.3 Å². The first-order valence-electron chi connectivity index (χ1n) is 6.70. The summed E-state index contributed by atoms with van der Waals surface area (Å²) in [7, 11) is 0. The van der Waals surface area contributed by atoms with Gasteiger partial charge in [-0.3, -0.25) is 4.79 Å². The maximum absolute atomic E-state index is 12.7. The van der Waals surface area contributed by atoms with E-state index in [-0.39, 0.29) is 11.5 Å². The number of nitrogens with two attached hydrogens (primary N) is 1. The SMILES string of the molecule is CC1(C)CN(C(=O)C2(CN)CCOCC2)CCO1. The molecule has 2 heterocycles. The van der Waals surface area contributed by atoms with Crippen LogP contribution in [-0.4, -0.2) is 55.9 Å². The molecule has 5 heteroatoms. The molecule has 2 fully saturated rings. The standard InChI is InChI=1S/C13H24N2O3/c1-12(2)10-15(5-8-18-12)11(16)13(9-14)3-6-17-7-4-13/h3-10,14H2,1-2H3. The molecule has 0 spiro atoms. The van der Waals surface area contributed by atoms with E-state index in [1.807, 2.05) is 18.7 Å². The Morgan fingerprint density at radius 1 is 1.28 bits per heavy atom. The Bertz CT molecular complexity index is 311. The van der Waals surface area contributed by atoms with E-state index in [2.05, 4.69) is 0 Å². The minimum atomic E-state index is -0.411. The van der Waals surface area contributed by atoms with Gasteiger partial charge in [0.05, 0.1) is 17.6 Å². The van der Waals surface area contributed by atoms with Crippen LogP contribution in [0.1, 0.15) is 26.7 Å². The summed E-state index contributed by atoms with van der Waals surface area (Å²) in [6, 6.07) is 0. The van der Waals surface area contributed by atoms with E-state index in [0.717, 1.165) is 12.8 Å². The van der Waals surface area contributed by atoms with Crippen molar-refractivity contribution in [2.75, 3.05) is 39.5 Å². The minimum absolute atomic E-state index is 0.185. The summed E-state index contributed by atoms with van der Waals surface area (Å²) in [4.78, 5) is 14.6. The van der Waals surface area contributed by atoms with Crippen LogP contribution in [0.25, 0.3) is 0 Å². The van der Waals surface area contributed by atoms with Crippen LogP contribution in [0.15, 0.2) is 0 Å². The van der Waals surface area contributed by atoms with Crippen molar-refractivity contribution in [3.05, 3.63) is 0 Å². The van der Waals surface area contributed by atoms with E-state index >= 15 is 0 Å². The lowest BCUT2D eigenvalue weighted by atomic mass is 9.78. The van der Waals surface area contributed by atoms with Crippen LogP contribution < -0.4 is 5.73 Å². The average Bonchev–Trinajstić information content (AvgIpc) is 2.37. The Morgan fingerprint density at radius 2 is 1.94 bits per heavy atom. The molecule has 5 nitrogen and oxygen atoms in total. The van der Waals surface area contributed by atoms with Crippen molar-refractivity contribution >= 4 is 5.91 Å². The Balaban J connectivity index is 2.09. The zero-order valence-electron chi connectivity index (χ0n) is 11.4. The first-order valence-corrected chi connectivity index (χ1v) is 6.70. The van der Waals surface area contributed by atoms with Crippen molar-refractivity contribution in [2.24, 2.45) is 11.1 Å². The second-order valence-corrected chi connectivity index (χ2v) is 5.93. The van der Waals surface area contributed by atoms with Gasteiger partial charge in [0.1, 0.15) is 0 Å². The molecule has 2 saturated heterocycles. The molecule has 1 amide bonds. The molecule has 0 atom stereocenters. The minimum Gasteiger partial charge on any atom is -0.381 e. The van der Waals surface area contributed by atoms with Crippen molar-refractivity contribution in [3.8, 4) is 0 Å². The highest BCUT2D eigenvalue weighted by Gasteiger charge is 2.43. The van der Waals surface area contributed by atoms with Gasteiger partial charge < -0.3 is 20.1 Å². The molecule has 104 valence electrons. The normalized spacial score (nSPS) is 26.9. The summed E-state index contributed by atoms with van der Waals surface area (Å²) in [5.74, 6) is 0.185. The quantitative estimate of drug-likeness (QED) is 0.775. The van der Waals surface area contributed by atoms with Gasteiger partial charge in [-0.25, -0.2) is 0 Å².